The number of nitrogens with zero attached hydrogens (tertiary/aromatic N) is 4. The van der Waals surface area contributed by atoms with E-state index in [1.165, 1.54) is 0 Å². The van der Waals surface area contributed by atoms with Crippen LogP contribution in [0.5, 0.6) is 0 Å². The van der Waals surface area contributed by atoms with Crippen LogP contribution >= 0.6 is 0 Å². The molecular weight excluding hydrogens is 264 g/mol. The van der Waals surface area contributed by atoms with E-state index >= 15 is 0 Å². The van der Waals surface area contributed by atoms with Gasteiger partial charge in [-0.15, -0.1) is 0 Å². The van der Waals surface area contributed by atoms with Gasteiger partial charge in [0.2, 0.25) is 0 Å². The van der Waals surface area contributed by atoms with Crippen molar-refractivity contribution in [2.75, 3.05) is 13.6 Å². The Morgan fingerprint density at radius 2 is 2.10 bits per heavy atom. The molecule has 112 valence electrons. The van der Waals surface area contributed by atoms with Gasteiger partial charge in [-0.2, -0.15) is 0 Å². The number of hydrogen-bond donors (Lipinski definition) is 0. The number of ether oxygens (including phenoxy) is 1. The van der Waals surface area contributed by atoms with Gasteiger partial charge in [-0.1, -0.05) is 6.07 Å². The van der Waals surface area contributed by atoms with Gasteiger partial charge >= 0.3 is 0 Å². The molecule has 0 radical (unpaired) electrons. The van der Waals surface area contributed by atoms with E-state index in [-0.39, 0.29) is 0 Å². The number of likely N-dealkylation sites (N-methyl/N-ethyl adjacent to an activating group) is 1. The summed E-state index contributed by atoms with van der Waals surface area (Å²) in [5, 5.41) is 0. The third-order valence-corrected chi connectivity index (χ3v) is 4.13. The van der Waals surface area contributed by atoms with Crippen molar-refractivity contribution in [2.24, 2.45) is 0 Å². The van der Waals surface area contributed by atoms with E-state index in [1.54, 1.807) is 0 Å². The van der Waals surface area contributed by atoms with Crippen molar-refractivity contribution in [2.45, 2.75) is 39.6 Å². The Balaban J connectivity index is 1.63. The fourth-order valence-electron chi connectivity index (χ4n) is 2.75. The molecule has 0 saturated carbocycles. The van der Waals surface area contributed by atoms with Gasteiger partial charge in [-0.05, 0) is 32.0 Å². The van der Waals surface area contributed by atoms with Gasteiger partial charge < -0.3 is 9.30 Å². The van der Waals surface area contributed by atoms with Gasteiger partial charge in [0.1, 0.15) is 5.82 Å². The zero-order valence-corrected chi connectivity index (χ0v) is 12.9. The van der Waals surface area contributed by atoms with Crippen molar-refractivity contribution in [1.82, 2.24) is 19.4 Å². The van der Waals surface area contributed by atoms with E-state index in [0.29, 0.717) is 19.3 Å². The molecule has 0 N–H and O–H groups in total. The highest BCUT2D eigenvalue weighted by atomic mass is 16.5. The van der Waals surface area contributed by atoms with Gasteiger partial charge in [0.15, 0.2) is 0 Å². The lowest BCUT2D eigenvalue weighted by Gasteiger charge is -2.31. The summed E-state index contributed by atoms with van der Waals surface area (Å²) in [6.45, 7) is 7.46. The minimum Gasteiger partial charge on any atom is -0.370 e. The summed E-state index contributed by atoms with van der Waals surface area (Å²) in [6, 6.07) is 2.48. The van der Waals surface area contributed by atoms with Crippen LogP contribution in [-0.4, -0.2) is 33.0 Å². The van der Waals surface area contributed by atoms with Crippen LogP contribution in [0.1, 0.15) is 35.6 Å². The van der Waals surface area contributed by atoms with Crippen LogP contribution in [0.25, 0.3) is 0 Å². The minimum atomic E-state index is 0.369. The standard InChI is InChI=1S/C16H22N4O/c1-12-6-14(8-17-7-12)10-21-11-15-9-18-16-13(2)19(3)4-5-20(15)16/h6-9,13H,4-5,10-11H2,1-3H3. The van der Waals surface area contributed by atoms with E-state index in [2.05, 4.69) is 39.5 Å². The average molecular weight is 286 g/mol. The van der Waals surface area contributed by atoms with Crippen LogP contribution in [0.3, 0.4) is 0 Å². The molecule has 3 heterocycles. The van der Waals surface area contributed by atoms with Crippen molar-refractivity contribution in [3.8, 4) is 0 Å². The fourth-order valence-corrected chi connectivity index (χ4v) is 2.75. The first-order valence-corrected chi connectivity index (χ1v) is 7.38. The Morgan fingerprint density at radius 3 is 2.90 bits per heavy atom. The lowest BCUT2D eigenvalue weighted by molar-refractivity contribution is 0.0990. The SMILES string of the molecule is Cc1cncc(COCc2cnc3n2CCN(C)C3C)c1. The smallest absolute Gasteiger partial charge is 0.126 e. The third kappa shape index (κ3) is 2.99. The molecule has 0 amide bonds. The number of rotatable bonds is 4. The van der Waals surface area contributed by atoms with Crippen molar-refractivity contribution in [1.29, 1.82) is 0 Å². The second-order valence-electron chi connectivity index (χ2n) is 5.78. The molecule has 3 rings (SSSR count). The van der Waals surface area contributed by atoms with Gasteiger partial charge in [0, 0.05) is 25.5 Å². The molecule has 1 aliphatic heterocycles. The topological polar surface area (TPSA) is 43.2 Å². The van der Waals surface area contributed by atoms with Crippen molar-refractivity contribution in [3.63, 3.8) is 0 Å². The Bertz CT molecular complexity index is 622. The lowest BCUT2D eigenvalue weighted by atomic mass is 10.2. The van der Waals surface area contributed by atoms with Crippen LogP contribution in [0.2, 0.25) is 0 Å². The third-order valence-electron chi connectivity index (χ3n) is 4.13. The maximum Gasteiger partial charge on any atom is 0.126 e. The largest absolute Gasteiger partial charge is 0.370 e. The Kier molecular flexibility index (Phi) is 4.03. The minimum absolute atomic E-state index is 0.369. The van der Waals surface area contributed by atoms with Crippen LogP contribution in [0.15, 0.2) is 24.7 Å². The zero-order valence-electron chi connectivity index (χ0n) is 12.9. The Morgan fingerprint density at radius 1 is 1.24 bits per heavy atom. The maximum atomic E-state index is 5.83. The van der Waals surface area contributed by atoms with Gasteiger partial charge in [0.05, 0.1) is 31.1 Å². The number of fused-ring (bicyclic) bond motifs is 1. The molecule has 2 aromatic rings. The molecule has 0 aliphatic carbocycles. The van der Waals surface area contributed by atoms with Crippen LogP contribution in [0.4, 0.5) is 0 Å². The first-order valence-electron chi connectivity index (χ1n) is 7.38. The van der Waals surface area contributed by atoms with Crippen molar-refractivity contribution in [3.05, 3.63) is 47.3 Å². The second-order valence-corrected chi connectivity index (χ2v) is 5.78. The van der Waals surface area contributed by atoms with Gasteiger partial charge in [-0.3, -0.25) is 9.88 Å². The molecule has 5 heteroatoms. The Hall–Kier alpha value is -1.72. The number of aryl methyl sites for hydroxylation is 1. The quantitative estimate of drug-likeness (QED) is 0.865. The molecule has 0 fully saturated rings. The van der Waals surface area contributed by atoms with Crippen LogP contribution in [0, 0.1) is 6.92 Å². The molecule has 5 nitrogen and oxygen atoms in total. The molecule has 0 spiro atoms. The first-order chi connectivity index (χ1) is 10.1. The normalized spacial score (nSPS) is 18.7. The predicted octanol–water partition coefficient (Wildman–Crippen LogP) is 2.31. The van der Waals surface area contributed by atoms with Crippen LogP contribution < -0.4 is 0 Å². The maximum absolute atomic E-state index is 5.83. The zero-order chi connectivity index (χ0) is 14.8. The monoisotopic (exact) mass is 286 g/mol. The second kappa shape index (κ2) is 5.95. The molecule has 0 bridgehead atoms. The van der Waals surface area contributed by atoms with Crippen molar-refractivity contribution >= 4 is 0 Å². The van der Waals surface area contributed by atoms with E-state index < -0.39 is 0 Å². The number of aromatic nitrogens is 3. The summed E-state index contributed by atoms with van der Waals surface area (Å²) in [7, 11) is 2.14. The summed E-state index contributed by atoms with van der Waals surface area (Å²) in [6.07, 6.45) is 5.66. The van der Waals surface area contributed by atoms with E-state index in [0.717, 1.165) is 35.7 Å². The summed E-state index contributed by atoms with van der Waals surface area (Å²) in [5.41, 5.74) is 3.43. The molecule has 1 atom stereocenters. The summed E-state index contributed by atoms with van der Waals surface area (Å²) >= 11 is 0. The van der Waals surface area contributed by atoms with Crippen LogP contribution in [-0.2, 0) is 24.5 Å². The van der Waals surface area contributed by atoms with E-state index in [9.17, 15) is 0 Å². The average Bonchev–Trinajstić information content (AvgIpc) is 2.87. The first kappa shape index (κ1) is 14.2. The highest BCUT2D eigenvalue weighted by Gasteiger charge is 2.24. The highest BCUT2D eigenvalue weighted by molar-refractivity contribution is 5.16. The molecule has 1 aliphatic rings. The van der Waals surface area contributed by atoms with Gasteiger partial charge in [-0.25, -0.2) is 4.98 Å². The summed E-state index contributed by atoms with van der Waals surface area (Å²) < 4.78 is 8.12. The number of hydrogen-bond acceptors (Lipinski definition) is 4. The summed E-state index contributed by atoms with van der Waals surface area (Å²) in [5.74, 6) is 1.14. The fraction of sp³-hybridized carbons (Fsp3) is 0.500. The number of pyridine rings is 1. The summed E-state index contributed by atoms with van der Waals surface area (Å²) in [4.78, 5) is 11.1. The molecule has 1 unspecified atom stereocenters. The number of imidazole rings is 1. The van der Waals surface area contributed by atoms with E-state index in [1.807, 2.05) is 25.5 Å². The van der Waals surface area contributed by atoms with Gasteiger partial charge in [0.25, 0.3) is 0 Å². The highest BCUT2D eigenvalue weighted by Crippen LogP contribution is 2.23. The molecular formula is C16H22N4O. The molecule has 2 aromatic heterocycles. The Labute approximate surface area is 125 Å². The van der Waals surface area contributed by atoms with Crippen molar-refractivity contribution < 1.29 is 4.74 Å². The molecule has 0 saturated heterocycles. The van der Waals surface area contributed by atoms with E-state index in [4.69, 9.17) is 4.74 Å². The molecule has 21 heavy (non-hydrogen) atoms. The lowest BCUT2D eigenvalue weighted by Crippen LogP contribution is -2.34. The molecule has 0 aromatic carbocycles. The predicted molar refractivity (Wildman–Crippen MR) is 80.7 cm³/mol.